The molecule has 0 amide bonds. The Morgan fingerprint density at radius 2 is 1.83 bits per heavy atom. The van der Waals surface area contributed by atoms with Gasteiger partial charge in [0.1, 0.15) is 0 Å². The van der Waals surface area contributed by atoms with E-state index in [1.807, 2.05) is 49.4 Å². The molecule has 1 fully saturated rings. The molecule has 5 rings (SSSR count). The summed E-state index contributed by atoms with van der Waals surface area (Å²) in [5.74, 6) is 0. The number of hydrogen-bond donors (Lipinski definition) is 0. The van der Waals surface area contributed by atoms with Crippen LogP contribution in [0.15, 0.2) is 64.4 Å². The van der Waals surface area contributed by atoms with Crippen LogP contribution in [-0.4, -0.2) is 18.7 Å². The Bertz CT molecular complexity index is 1450. The Kier molecular flexibility index (Phi) is 4.14. The summed E-state index contributed by atoms with van der Waals surface area (Å²) < 4.78 is 4.64. The Morgan fingerprint density at radius 1 is 1.10 bits per heavy atom. The molecule has 2 aromatic heterocycles. The molecule has 0 unspecified atom stereocenters. The highest BCUT2D eigenvalue weighted by Crippen LogP contribution is 2.32. The minimum atomic E-state index is -0.355. The minimum absolute atomic E-state index is 0.0700. The van der Waals surface area contributed by atoms with Crippen molar-refractivity contribution in [1.29, 1.82) is 5.26 Å². The Hall–Kier alpha value is -3.92. The molecule has 0 aliphatic heterocycles. The Labute approximate surface area is 172 Å². The number of aromatic nitrogens is 4. The lowest BCUT2D eigenvalue weighted by atomic mass is 10.1. The average Bonchev–Trinajstić information content (AvgIpc) is 3.50. The zero-order valence-electron chi connectivity index (χ0n) is 16.4. The maximum absolute atomic E-state index is 13.3. The number of para-hydroxylation sites is 1. The normalized spacial score (nSPS) is 13.5. The van der Waals surface area contributed by atoms with Crippen molar-refractivity contribution in [2.24, 2.45) is 0 Å². The van der Waals surface area contributed by atoms with Crippen LogP contribution in [0.5, 0.6) is 0 Å². The maximum atomic E-state index is 13.3. The highest BCUT2D eigenvalue weighted by Gasteiger charge is 2.30. The van der Waals surface area contributed by atoms with Gasteiger partial charge in [0.15, 0.2) is 11.2 Å². The van der Waals surface area contributed by atoms with Gasteiger partial charge in [0.2, 0.25) is 0 Å². The van der Waals surface area contributed by atoms with E-state index in [9.17, 15) is 14.9 Å². The highest BCUT2D eigenvalue weighted by molar-refractivity contribution is 5.73. The summed E-state index contributed by atoms with van der Waals surface area (Å²) in [4.78, 5) is 31.1. The summed E-state index contributed by atoms with van der Waals surface area (Å²) in [6, 6.07) is 17.0. The fourth-order valence-electron chi connectivity index (χ4n) is 3.91. The third-order valence-corrected chi connectivity index (χ3v) is 5.60. The first-order valence-electron chi connectivity index (χ1n) is 9.86. The smallest absolute Gasteiger partial charge is 0.320 e. The van der Waals surface area contributed by atoms with Crippen LogP contribution < -0.4 is 11.2 Å². The molecule has 1 saturated carbocycles. The molecule has 30 heavy (non-hydrogen) atoms. The second-order valence-corrected chi connectivity index (χ2v) is 7.62. The zero-order valence-corrected chi connectivity index (χ0v) is 16.4. The summed E-state index contributed by atoms with van der Waals surface area (Å²) in [5.41, 5.74) is 3.01. The van der Waals surface area contributed by atoms with Crippen molar-refractivity contribution in [3.05, 3.63) is 92.4 Å². The van der Waals surface area contributed by atoms with E-state index in [2.05, 4.69) is 11.1 Å². The third kappa shape index (κ3) is 2.77. The van der Waals surface area contributed by atoms with Crippen molar-refractivity contribution >= 4 is 11.2 Å². The molecule has 0 radical (unpaired) electrons. The van der Waals surface area contributed by atoms with E-state index < -0.39 is 0 Å². The molecule has 148 valence electrons. The quantitative estimate of drug-likeness (QED) is 0.530. The summed E-state index contributed by atoms with van der Waals surface area (Å²) in [6.07, 6.45) is 3.21. The van der Waals surface area contributed by atoms with Crippen molar-refractivity contribution in [2.45, 2.75) is 32.4 Å². The van der Waals surface area contributed by atoms with E-state index in [1.54, 1.807) is 17.0 Å². The number of aryl methyl sites for hydroxylation is 1. The maximum Gasteiger partial charge on any atom is 0.337 e. The lowest BCUT2D eigenvalue weighted by Crippen LogP contribution is -2.39. The predicted octanol–water partition coefficient (Wildman–Crippen LogP) is 2.91. The first-order chi connectivity index (χ1) is 14.6. The highest BCUT2D eigenvalue weighted by atomic mass is 16.2. The van der Waals surface area contributed by atoms with E-state index >= 15 is 0 Å². The molecule has 4 aromatic rings. The van der Waals surface area contributed by atoms with Crippen molar-refractivity contribution in [3.63, 3.8) is 0 Å². The first kappa shape index (κ1) is 18.1. The summed E-state index contributed by atoms with van der Waals surface area (Å²) >= 11 is 0. The van der Waals surface area contributed by atoms with Gasteiger partial charge in [0.05, 0.1) is 30.2 Å². The van der Waals surface area contributed by atoms with Gasteiger partial charge in [0.25, 0.3) is 5.56 Å². The summed E-state index contributed by atoms with van der Waals surface area (Å²) in [7, 11) is 0. The second-order valence-electron chi connectivity index (χ2n) is 7.62. The minimum Gasteiger partial charge on any atom is -0.320 e. The molecule has 0 spiro atoms. The van der Waals surface area contributed by atoms with Gasteiger partial charge in [0, 0.05) is 6.04 Å². The molecule has 0 N–H and O–H groups in total. The van der Waals surface area contributed by atoms with E-state index in [0.717, 1.165) is 24.0 Å². The molecular formula is C23H19N5O2. The topological polar surface area (TPSA) is 85.6 Å². The molecular weight excluding hydrogens is 378 g/mol. The molecule has 0 bridgehead atoms. The number of benzene rings is 2. The number of nitrogens with zero attached hydrogens (tertiary/aromatic N) is 5. The van der Waals surface area contributed by atoms with Crippen LogP contribution in [0.1, 0.15) is 35.6 Å². The van der Waals surface area contributed by atoms with Crippen molar-refractivity contribution in [1.82, 2.24) is 18.7 Å². The SMILES string of the molecule is Cc1ccccc1-n1c(=O)n(C2CC2)c(=O)c2c1ncn2Cc1ccccc1C#N. The van der Waals surface area contributed by atoms with Crippen LogP contribution in [0.3, 0.4) is 0 Å². The molecule has 1 aliphatic rings. The predicted molar refractivity (Wildman–Crippen MR) is 113 cm³/mol. The summed E-state index contributed by atoms with van der Waals surface area (Å²) in [6.45, 7) is 2.26. The Balaban J connectivity index is 1.81. The van der Waals surface area contributed by atoms with Crippen LogP contribution in [0.4, 0.5) is 0 Å². The molecule has 2 heterocycles. The first-order valence-corrected chi connectivity index (χ1v) is 9.86. The number of hydrogen-bond acceptors (Lipinski definition) is 4. The monoisotopic (exact) mass is 397 g/mol. The van der Waals surface area contributed by atoms with Crippen molar-refractivity contribution < 1.29 is 0 Å². The van der Waals surface area contributed by atoms with E-state index in [4.69, 9.17) is 0 Å². The van der Waals surface area contributed by atoms with Crippen LogP contribution in [0.2, 0.25) is 0 Å². The third-order valence-electron chi connectivity index (χ3n) is 5.60. The molecule has 2 aromatic carbocycles. The van der Waals surface area contributed by atoms with Gasteiger partial charge in [-0.25, -0.2) is 14.3 Å². The molecule has 0 atom stereocenters. The largest absolute Gasteiger partial charge is 0.337 e. The fourth-order valence-corrected chi connectivity index (χ4v) is 3.91. The molecule has 0 saturated heterocycles. The average molecular weight is 397 g/mol. The zero-order chi connectivity index (χ0) is 20.8. The molecule has 1 aliphatic carbocycles. The van der Waals surface area contributed by atoms with Crippen molar-refractivity contribution in [2.75, 3.05) is 0 Å². The number of imidazole rings is 1. The van der Waals surface area contributed by atoms with Gasteiger partial charge < -0.3 is 4.57 Å². The van der Waals surface area contributed by atoms with Crippen molar-refractivity contribution in [3.8, 4) is 11.8 Å². The Morgan fingerprint density at radius 3 is 2.57 bits per heavy atom. The lowest BCUT2D eigenvalue weighted by Gasteiger charge is -2.14. The van der Waals surface area contributed by atoms with Crippen LogP contribution in [-0.2, 0) is 6.54 Å². The van der Waals surface area contributed by atoms with Gasteiger partial charge in [-0.1, -0.05) is 36.4 Å². The fraction of sp³-hybridized carbons (Fsp3) is 0.217. The van der Waals surface area contributed by atoms with Crippen LogP contribution >= 0.6 is 0 Å². The van der Waals surface area contributed by atoms with Crippen LogP contribution in [0.25, 0.3) is 16.9 Å². The molecule has 7 heteroatoms. The van der Waals surface area contributed by atoms with Gasteiger partial charge >= 0.3 is 5.69 Å². The number of nitriles is 1. The van der Waals surface area contributed by atoms with Gasteiger partial charge in [-0.2, -0.15) is 5.26 Å². The van der Waals surface area contributed by atoms with Gasteiger partial charge in [-0.15, -0.1) is 0 Å². The van der Waals surface area contributed by atoms with Gasteiger partial charge in [-0.05, 0) is 43.0 Å². The molecule has 7 nitrogen and oxygen atoms in total. The van der Waals surface area contributed by atoms with E-state index in [-0.39, 0.29) is 17.3 Å². The van der Waals surface area contributed by atoms with Gasteiger partial charge in [-0.3, -0.25) is 9.36 Å². The lowest BCUT2D eigenvalue weighted by molar-refractivity contribution is 0.638. The standard InChI is InChI=1S/C23H19N5O2/c1-15-6-2-5-9-19(15)28-21-20(22(29)27(23(28)30)18-10-11-18)26(14-25-21)13-17-8-4-3-7-16(17)12-24/h2-9,14,18H,10-11,13H2,1H3. The van der Waals surface area contributed by atoms with E-state index in [0.29, 0.717) is 29.0 Å². The number of rotatable bonds is 4. The number of fused-ring (bicyclic) bond motifs is 1. The van der Waals surface area contributed by atoms with E-state index in [1.165, 1.54) is 9.13 Å². The van der Waals surface area contributed by atoms with Crippen LogP contribution in [0, 0.1) is 18.3 Å². The second kappa shape index (κ2) is 6.85. The summed E-state index contributed by atoms with van der Waals surface area (Å²) in [5, 5.41) is 9.41.